The fourth-order valence-electron chi connectivity index (χ4n) is 3.65. The van der Waals surface area contributed by atoms with Gasteiger partial charge in [-0.1, -0.05) is 70.6 Å². The molecule has 4 heteroatoms. The molecule has 0 radical (unpaired) electrons. The molecule has 0 N–H and O–H groups in total. The zero-order chi connectivity index (χ0) is 16.4. The third-order valence-electron chi connectivity index (χ3n) is 5.14. The number of hydrogen-bond donors (Lipinski definition) is 0. The minimum atomic E-state index is -0.667. The van der Waals surface area contributed by atoms with Crippen LogP contribution in [0.2, 0.25) is 0 Å². The Morgan fingerprint density at radius 1 is 1.04 bits per heavy atom. The molecular weight excluding hydrogens is 292 g/mol. The van der Waals surface area contributed by atoms with Crippen LogP contribution in [0.5, 0.6) is 0 Å². The van der Waals surface area contributed by atoms with E-state index in [1.165, 1.54) is 70.6 Å². The molecule has 134 valence electrons. The second-order valence-electron chi connectivity index (χ2n) is 7.15. The molecule has 1 aliphatic heterocycles. The fraction of sp³-hybridized carbons (Fsp3) is 0.947. The SMILES string of the molecule is CCOC(=O)OC1(CCCC2CCCCCCCCCC2)CO1. The summed E-state index contributed by atoms with van der Waals surface area (Å²) in [6.07, 6.45) is 16.5. The quantitative estimate of drug-likeness (QED) is 0.472. The van der Waals surface area contributed by atoms with E-state index < -0.39 is 11.9 Å². The number of rotatable bonds is 6. The van der Waals surface area contributed by atoms with Crippen molar-refractivity contribution in [1.82, 2.24) is 0 Å². The maximum atomic E-state index is 11.4. The highest BCUT2D eigenvalue weighted by Crippen LogP contribution is 2.36. The fourth-order valence-corrected chi connectivity index (χ4v) is 3.65. The van der Waals surface area contributed by atoms with Crippen LogP contribution in [0.4, 0.5) is 4.79 Å². The molecule has 1 saturated heterocycles. The predicted molar refractivity (Wildman–Crippen MR) is 90.3 cm³/mol. The van der Waals surface area contributed by atoms with Crippen molar-refractivity contribution >= 4 is 6.16 Å². The Morgan fingerprint density at radius 2 is 1.61 bits per heavy atom. The molecule has 2 rings (SSSR count). The van der Waals surface area contributed by atoms with Gasteiger partial charge in [0.25, 0.3) is 0 Å². The van der Waals surface area contributed by atoms with Crippen molar-refractivity contribution < 1.29 is 19.0 Å². The molecule has 0 amide bonds. The second-order valence-corrected chi connectivity index (χ2v) is 7.15. The smallest absolute Gasteiger partial charge is 0.435 e. The Kier molecular flexibility index (Phi) is 8.21. The second kappa shape index (κ2) is 10.2. The summed E-state index contributed by atoms with van der Waals surface area (Å²) in [6.45, 7) is 2.65. The number of ether oxygens (including phenoxy) is 3. The third kappa shape index (κ3) is 7.56. The van der Waals surface area contributed by atoms with E-state index in [2.05, 4.69) is 0 Å². The molecule has 0 bridgehead atoms. The predicted octanol–water partition coefficient (Wildman–Crippen LogP) is 5.59. The van der Waals surface area contributed by atoms with Crippen molar-refractivity contribution in [3.8, 4) is 0 Å². The Hall–Kier alpha value is -0.770. The molecule has 0 aromatic carbocycles. The maximum Gasteiger partial charge on any atom is 0.510 e. The first-order valence-electron chi connectivity index (χ1n) is 9.74. The van der Waals surface area contributed by atoms with E-state index in [4.69, 9.17) is 14.2 Å². The minimum Gasteiger partial charge on any atom is -0.435 e. The van der Waals surface area contributed by atoms with Crippen molar-refractivity contribution in [3.63, 3.8) is 0 Å². The molecule has 1 atom stereocenters. The molecule has 1 aliphatic carbocycles. The summed E-state index contributed by atoms with van der Waals surface area (Å²) in [5, 5.41) is 0. The van der Waals surface area contributed by atoms with Crippen LogP contribution in [0.25, 0.3) is 0 Å². The average Bonchev–Trinajstić information content (AvgIpc) is 3.28. The van der Waals surface area contributed by atoms with Crippen molar-refractivity contribution in [2.75, 3.05) is 13.2 Å². The van der Waals surface area contributed by atoms with Gasteiger partial charge in [0.2, 0.25) is 5.79 Å². The summed E-state index contributed by atoms with van der Waals surface area (Å²) >= 11 is 0. The highest BCUT2D eigenvalue weighted by Gasteiger charge is 2.49. The summed E-state index contributed by atoms with van der Waals surface area (Å²) in [6, 6.07) is 0. The van der Waals surface area contributed by atoms with Gasteiger partial charge in [-0.25, -0.2) is 4.79 Å². The lowest BCUT2D eigenvalue weighted by atomic mass is 9.90. The number of carbonyl (C=O) groups is 1. The highest BCUT2D eigenvalue weighted by atomic mass is 16.8. The zero-order valence-corrected chi connectivity index (χ0v) is 14.8. The molecule has 1 heterocycles. The van der Waals surface area contributed by atoms with Crippen LogP contribution in [0.1, 0.15) is 90.4 Å². The van der Waals surface area contributed by atoms with E-state index in [0.717, 1.165) is 18.8 Å². The summed E-state index contributed by atoms with van der Waals surface area (Å²) in [4.78, 5) is 11.4. The van der Waals surface area contributed by atoms with Crippen molar-refractivity contribution in [2.45, 2.75) is 96.2 Å². The summed E-state index contributed by atoms with van der Waals surface area (Å²) in [7, 11) is 0. The molecule has 23 heavy (non-hydrogen) atoms. The standard InChI is InChI=1S/C19H34O4/c1-2-21-18(20)23-19(16-22-19)15-11-14-17-12-9-7-5-3-4-6-8-10-13-17/h17H,2-16H2,1H3. The molecule has 0 spiro atoms. The van der Waals surface area contributed by atoms with Crippen molar-refractivity contribution in [3.05, 3.63) is 0 Å². The van der Waals surface area contributed by atoms with E-state index in [1.54, 1.807) is 6.92 Å². The molecule has 2 aliphatic rings. The molecular formula is C19H34O4. The van der Waals surface area contributed by atoms with E-state index in [1.807, 2.05) is 0 Å². The number of epoxide rings is 1. The maximum absolute atomic E-state index is 11.4. The van der Waals surface area contributed by atoms with Crippen LogP contribution < -0.4 is 0 Å². The van der Waals surface area contributed by atoms with Crippen LogP contribution in [-0.2, 0) is 14.2 Å². The Morgan fingerprint density at radius 3 is 2.13 bits per heavy atom. The molecule has 2 fully saturated rings. The van der Waals surface area contributed by atoms with E-state index in [9.17, 15) is 4.79 Å². The van der Waals surface area contributed by atoms with Gasteiger partial charge in [0.1, 0.15) is 6.61 Å². The molecule has 4 nitrogen and oxygen atoms in total. The summed E-state index contributed by atoms with van der Waals surface area (Å²) in [5.41, 5.74) is 0. The molecule has 0 aromatic heterocycles. The van der Waals surface area contributed by atoms with Gasteiger partial charge < -0.3 is 14.2 Å². The van der Waals surface area contributed by atoms with Crippen molar-refractivity contribution in [2.24, 2.45) is 5.92 Å². The van der Waals surface area contributed by atoms with Gasteiger partial charge in [0.05, 0.1) is 6.61 Å². The Balaban J connectivity index is 1.65. The Labute approximate surface area is 141 Å². The van der Waals surface area contributed by atoms with E-state index >= 15 is 0 Å². The largest absolute Gasteiger partial charge is 0.510 e. The van der Waals surface area contributed by atoms with Crippen LogP contribution in [0.15, 0.2) is 0 Å². The summed E-state index contributed by atoms with van der Waals surface area (Å²) < 4.78 is 15.5. The first-order valence-corrected chi connectivity index (χ1v) is 9.74. The minimum absolute atomic E-state index is 0.344. The van der Waals surface area contributed by atoms with Crippen LogP contribution >= 0.6 is 0 Å². The van der Waals surface area contributed by atoms with Crippen LogP contribution in [0.3, 0.4) is 0 Å². The Bertz CT molecular complexity index is 326. The monoisotopic (exact) mass is 326 g/mol. The van der Waals surface area contributed by atoms with Gasteiger partial charge in [0.15, 0.2) is 0 Å². The normalized spacial score (nSPS) is 27.0. The molecule has 0 aromatic rings. The highest BCUT2D eigenvalue weighted by molar-refractivity contribution is 5.60. The van der Waals surface area contributed by atoms with Gasteiger partial charge in [-0.15, -0.1) is 0 Å². The van der Waals surface area contributed by atoms with E-state index in [-0.39, 0.29) is 0 Å². The third-order valence-corrected chi connectivity index (χ3v) is 5.14. The molecule has 1 saturated carbocycles. The first-order chi connectivity index (χ1) is 11.2. The summed E-state index contributed by atoms with van der Waals surface area (Å²) in [5.74, 6) is 0.172. The lowest BCUT2D eigenvalue weighted by Crippen LogP contribution is -2.22. The van der Waals surface area contributed by atoms with Gasteiger partial charge in [-0.2, -0.15) is 0 Å². The van der Waals surface area contributed by atoms with Crippen molar-refractivity contribution in [1.29, 1.82) is 0 Å². The first kappa shape index (κ1) is 18.6. The number of hydrogen-bond acceptors (Lipinski definition) is 4. The van der Waals surface area contributed by atoms with Crippen LogP contribution in [-0.4, -0.2) is 25.2 Å². The molecule has 1 unspecified atom stereocenters. The average molecular weight is 326 g/mol. The van der Waals surface area contributed by atoms with E-state index in [0.29, 0.717) is 13.2 Å². The lowest BCUT2D eigenvalue weighted by Gasteiger charge is -2.18. The zero-order valence-electron chi connectivity index (χ0n) is 14.8. The van der Waals surface area contributed by atoms with Gasteiger partial charge in [0, 0.05) is 6.42 Å². The van der Waals surface area contributed by atoms with Gasteiger partial charge >= 0.3 is 6.16 Å². The van der Waals surface area contributed by atoms with Gasteiger partial charge in [-0.3, -0.25) is 0 Å². The topological polar surface area (TPSA) is 48.1 Å². The lowest BCUT2D eigenvalue weighted by molar-refractivity contribution is -0.0385. The van der Waals surface area contributed by atoms with Gasteiger partial charge in [-0.05, 0) is 19.3 Å². The van der Waals surface area contributed by atoms with Crippen LogP contribution in [0, 0.1) is 5.92 Å². The number of carbonyl (C=O) groups excluding carboxylic acids is 1.